The summed E-state index contributed by atoms with van der Waals surface area (Å²) in [4.78, 5) is 25.8. The maximum atomic E-state index is 11.9. The molecule has 21 heavy (non-hydrogen) atoms. The van der Waals surface area contributed by atoms with Crippen LogP contribution in [-0.2, 0) is 16.1 Å². The van der Waals surface area contributed by atoms with Crippen LogP contribution < -0.4 is 11.4 Å². The lowest BCUT2D eigenvalue weighted by Gasteiger charge is -2.08. The number of H-pyrrole nitrogens is 1. The number of nitrogens with one attached hydrogen (secondary N) is 1. The summed E-state index contributed by atoms with van der Waals surface area (Å²) in [6, 6.07) is 7.03. The fourth-order valence-electron chi connectivity index (χ4n) is 2.08. The number of aromatic nitrogens is 2. The van der Waals surface area contributed by atoms with Crippen LogP contribution >= 0.6 is 11.8 Å². The van der Waals surface area contributed by atoms with Gasteiger partial charge in [0, 0.05) is 12.3 Å². The van der Waals surface area contributed by atoms with E-state index in [9.17, 15) is 9.59 Å². The van der Waals surface area contributed by atoms with Gasteiger partial charge >= 0.3 is 11.7 Å². The van der Waals surface area contributed by atoms with Gasteiger partial charge in [0.25, 0.3) is 0 Å². The molecule has 0 amide bonds. The van der Waals surface area contributed by atoms with Crippen LogP contribution in [0.25, 0.3) is 11.0 Å². The number of methoxy groups -OCH3 is 1. The molecule has 0 fully saturated rings. The Bertz CT molecular complexity index is 665. The number of carbonyl (C=O) groups is 1. The Morgan fingerprint density at radius 2 is 2.24 bits per heavy atom. The highest BCUT2D eigenvalue weighted by Crippen LogP contribution is 2.11. The fraction of sp³-hybridized carbons (Fsp3) is 0.429. The van der Waals surface area contributed by atoms with Crippen molar-refractivity contribution >= 4 is 28.8 Å². The van der Waals surface area contributed by atoms with Crippen LogP contribution in [-0.4, -0.2) is 40.2 Å². The molecule has 1 heterocycles. The third-order valence-corrected chi connectivity index (χ3v) is 4.33. The van der Waals surface area contributed by atoms with Gasteiger partial charge in [0.05, 0.1) is 18.1 Å². The van der Waals surface area contributed by atoms with Crippen LogP contribution in [0, 0.1) is 0 Å². The molecule has 2 aromatic rings. The average Bonchev–Trinajstić information content (AvgIpc) is 2.81. The predicted octanol–water partition coefficient (Wildman–Crippen LogP) is 0.953. The molecule has 1 atom stereocenters. The summed E-state index contributed by atoms with van der Waals surface area (Å²) >= 11 is 1.59. The summed E-state index contributed by atoms with van der Waals surface area (Å²) in [7, 11) is 1.33. The number of rotatable bonds is 7. The number of imidazole rings is 1. The number of fused-ring (bicyclic) bond motifs is 1. The molecule has 7 heteroatoms. The van der Waals surface area contributed by atoms with Gasteiger partial charge in [-0.2, -0.15) is 11.8 Å². The minimum atomic E-state index is -0.587. The van der Waals surface area contributed by atoms with E-state index in [1.807, 2.05) is 24.3 Å². The maximum absolute atomic E-state index is 11.9. The van der Waals surface area contributed by atoms with E-state index < -0.39 is 12.0 Å². The Morgan fingerprint density at radius 1 is 1.48 bits per heavy atom. The first-order chi connectivity index (χ1) is 10.1. The Morgan fingerprint density at radius 3 is 3.00 bits per heavy atom. The first kappa shape index (κ1) is 15.7. The van der Waals surface area contributed by atoms with Gasteiger partial charge in [-0.25, -0.2) is 4.79 Å². The lowest BCUT2D eigenvalue weighted by Crippen LogP contribution is -2.34. The van der Waals surface area contributed by atoms with Crippen molar-refractivity contribution in [1.82, 2.24) is 9.55 Å². The van der Waals surface area contributed by atoms with Crippen molar-refractivity contribution in [3.05, 3.63) is 34.7 Å². The summed E-state index contributed by atoms with van der Waals surface area (Å²) in [6.07, 6.45) is 0.834. The summed E-state index contributed by atoms with van der Waals surface area (Å²) in [6.45, 7) is 0.642. The molecule has 114 valence electrons. The second-order valence-corrected chi connectivity index (χ2v) is 5.81. The van der Waals surface area contributed by atoms with Crippen LogP contribution in [0.15, 0.2) is 29.1 Å². The number of carbonyl (C=O) groups excluding carboxylic acids is 1. The summed E-state index contributed by atoms with van der Waals surface area (Å²) < 4.78 is 6.30. The zero-order chi connectivity index (χ0) is 15.2. The highest BCUT2D eigenvalue weighted by molar-refractivity contribution is 7.99. The molecule has 0 spiro atoms. The standard InChI is InChI=1S/C14H19N3O3S/c1-20-13(18)10(15)9-21-8-4-7-17-12-6-3-2-5-11(12)16-14(17)19/h2-3,5-6,10H,4,7-9,15H2,1H3,(H,16,19). The molecule has 0 bridgehead atoms. The molecule has 0 aliphatic carbocycles. The van der Waals surface area contributed by atoms with Gasteiger partial charge in [-0.15, -0.1) is 0 Å². The summed E-state index contributed by atoms with van der Waals surface area (Å²) in [5.41, 5.74) is 7.32. The number of ether oxygens (including phenoxy) is 1. The maximum Gasteiger partial charge on any atom is 0.326 e. The molecule has 3 N–H and O–H groups in total. The van der Waals surface area contributed by atoms with Crippen molar-refractivity contribution in [2.75, 3.05) is 18.6 Å². The van der Waals surface area contributed by atoms with Gasteiger partial charge in [0.2, 0.25) is 0 Å². The molecule has 1 aromatic heterocycles. The van der Waals surface area contributed by atoms with Gasteiger partial charge in [0.15, 0.2) is 0 Å². The zero-order valence-corrected chi connectivity index (χ0v) is 12.7. The molecule has 1 unspecified atom stereocenters. The molecule has 0 radical (unpaired) electrons. The average molecular weight is 309 g/mol. The Hall–Kier alpha value is -1.73. The van der Waals surface area contributed by atoms with E-state index in [2.05, 4.69) is 9.72 Å². The SMILES string of the molecule is COC(=O)C(N)CSCCCn1c(=O)[nH]c2ccccc21. The van der Waals surface area contributed by atoms with E-state index in [4.69, 9.17) is 5.73 Å². The van der Waals surface area contributed by atoms with Crippen LogP contribution in [0.3, 0.4) is 0 Å². The van der Waals surface area contributed by atoms with Crippen molar-refractivity contribution in [3.63, 3.8) is 0 Å². The van der Waals surface area contributed by atoms with Crippen LogP contribution in [0.4, 0.5) is 0 Å². The monoisotopic (exact) mass is 309 g/mol. The third-order valence-electron chi connectivity index (χ3n) is 3.15. The molecule has 6 nitrogen and oxygen atoms in total. The van der Waals surface area contributed by atoms with Crippen LogP contribution in [0.5, 0.6) is 0 Å². The number of esters is 1. The van der Waals surface area contributed by atoms with Crippen molar-refractivity contribution < 1.29 is 9.53 Å². The van der Waals surface area contributed by atoms with Gasteiger partial charge in [0.1, 0.15) is 6.04 Å². The molecule has 0 aliphatic heterocycles. The van der Waals surface area contributed by atoms with E-state index in [1.54, 1.807) is 16.3 Å². The molecule has 2 rings (SSSR count). The number of hydrogen-bond donors (Lipinski definition) is 2. The first-order valence-corrected chi connectivity index (χ1v) is 7.87. The predicted molar refractivity (Wildman–Crippen MR) is 84.5 cm³/mol. The highest BCUT2D eigenvalue weighted by atomic mass is 32.2. The fourth-order valence-corrected chi connectivity index (χ4v) is 2.97. The number of benzene rings is 1. The Kier molecular flexibility index (Phi) is 5.46. The van der Waals surface area contributed by atoms with E-state index in [0.29, 0.717) is 12.3 Å². The minimum absolute atomic E-state index is 0.0903. The summed E-state index contributed by atoms with van der Waals surface area (Å²) in [5, 5.41) is 0. The first-order valence-electron chi connectivity index (χ1n) is 6.72. The van der Waals surface area contributed by atoms with Gasteiger partial charge < -0.3 is 15.5 Å². The quantitative estimate of drug-likeness (QED) is 0.587. The lowest BCUT2D eigenvalue weighted by molar-refractivity contribution is -0.141. The highest BCUT2D eigenvalue weighted by Gasteiger charge is 2.13. The van der Waals surface area contributed by atoms with Crippen molar-refractivity contribution in [2.24, 2.45) is 5.73 Å². The lowest BCUT2D eigenvalue weighted by atomic mass is 10.3. The van der Waals surface area contributed by atoms with Crippen molar-refractivity contribution in [3.8, 4) is 0 Å². The number of aromatic amines is 1. The molecular weight excluding hydrogens is 290 g/mol. The number of nitrogens with zero attached hydrogens (tertiary/aromatic N) is 1. The van der Waals surface area contributed by atoms with Crippen molar-refractivity contribution in [1.29, 1.82) is 0 Å². The van der Waals surface area contributed by atoms with Crippen LogP contribution in [0.2, 0.25) is 0 Å². The number of aryl methyl sites for hydroxylation is 1. The molecule has 0 saturated carbocycles. The number of para-hydroxylation sites is 2. The third kappa shape index (κ3) is 3.89. The smallest absolute Gasteiger partial charge is 0.326 e. The van der Waals surface area contributed by atoms with E-state index in [-0.39, 0.29) is 5.69 Å². The summed E-state index contributed by atoms with van der Waals surface area (Å²) in [5.74, 6) is 0.960. The largest absolute Gasteiger partial charge is 0.468 e. The van der Waals surface area contributed by atoms with E-state index >= 15 is 0 Å². The molecule has 0 aliphatic rings. The second-order valence-electron chi connectivity index (χ2n) is 4.66. The van der Waals surface area contributed by atoms with E-state index in [1.165, 1.54) is 7.11 Å². The number of thioether (sulfide) groups is 1. The van der Waals surface area contributed by atoms with Crippen LogP contribution in [0.1, 0.15) is 6.42 Å². The Labute approximate surface area is 126 Å². The normalized spacial score (nSPS) is 12.5. The van der Waals surface area contributed by atoms with Gasteiger partial charge in [-0.3, -0.25) is 9.36 Å². The van der Waals surface area contributed by atoms with Gasteiger partial charge in [-0.05, 0) is 24.3 Å². The molecule has 1 aromatic carbocycles. The minimum Gasteiger partial charge on any atom is -0.468 e. The van der Waals surface area contributed by atoms with Gasteiger partial charge in [-0.1, -0.05) is 12.1 Å². The number of nitrogens with two attached hydrogens (primary N) is 1. The Balaban J connectivity index is 1.82. The number of hydrogen-bond acceptors (Lipinski definition) is 5. The second kappa shape index (κ2) is 7.33. The van der Waals surface area contributed by atoms with Crippen molar-refractivity contribution in [2.45, 2.75) is 19.0 Å². The topological polar surface area (TPSA) is 90.1 Å². The van der Waals surface area contributed by atoms with E-state index in [0.717, 1.165) is 23.2 Å². The molecular formula is C14H19N3O3S. The molecule has 0 saturated heterocycles. The zero-order valence-electron chi connectivity index (χ0n) is 11.9.